The maximum atomic E-state index is 14.2. The van der Waals surface area contributed by atoms with Crippen LogP contribution in [0.4, 0.5) is 9.52 Å². The lowest BCUT2D eigenvalue weighted by Crippen LogP contribution is -2.49. The first-order valence-electron chi connectivity index (χ1n) is 10.9. The highest BCUT2D eigenvalue weighted by atomic mass is 32.1. The number of anilines is 1. The lowest BCUT2D eigenvalue weighted by Gasteiger charge is -2.36. The molecule has 1 saturated carbocycles. The molecule has 1 aromatic heterocycles. The predicted octanol–water partition coefficient (Wildman–Crippen LogP) is 3.92. The second-order valence-electron chi connectivity index (χ2n) is 8.65. The maximum Gasteiger partial charge on any atom is 0.309 e. The van der Waals surface area contributed by atoms with E-state index in [9.17, 15) is 14.0 Å². The minimum absolute atomic E-state index is 0.0374. The van der Waals surface area contributed by atoms with Crippen LogP contribution in [-0.4, -0.2) is 51.7 Å². The van der Waals surface area contributed by atoms with Crippen molar-refractivity contribution >= 4 is 28.3 Å². The Kier molecular flexibility index (Phi) is 5.90. The molecule has 1 N–H and O–H groups in total. The van der Waals surface area contributed by atoms with Crippen molar-refractivity contribution < 1.29 is 19.1 Å². The molecule has 0 radical (unpaired) electrons. The summed E-state index contributed by atoms with van der Waals surface area (Å²) in [6, 6.07) is 13.9. The number of likely N-dealkylation sites (tertiary alicyclic amines) is 1. The van der Waals surface area contributed by atoms with Gasteiger partial charge < -0.3 is 5.11 Å². The third-order valence-corrected chi connectivity index (χ3v) is 7.04. The van der Waals surface area contributed by atoms with Gasteiger partial charge in [0.1, 0.15) is 10.8 Å². The molecule has 5 rings (SSSR count). The summed E-state index contributed by atoms with van der Waals surface area (Å²) in [4.78, 5) is 27.7. The van der Waals surface area contributed by atoms with Crippen molar-refractivity contribution in [1.82, 2.24) is 15.1 Å². The predicted molar refractivity (Wildman–Crippen MR) is 123 cm³/mol. The lowest BCUT2D eigenvalue weighted by atomic mass is 9.99. The summed E-state index contributed by atoms with van der Waals surface area (Å²) in [6.45, 7) is 2.36. The highest BCUT2D eigenvalue weighted by molar-refractivity contribution is 7.18. The molecule has 3 aromatic rings. The van der Waals surface area contributed by atoms with E-state index in [0.29, 0.717) is 42.2 Å². The number of nitrogens with zero attached hydrogens (tertiary/aromatic N) is 4. The van der Waals surface area contributed by atoms with Gasteiger partial charge in [-0.1, -0.05) is 47.7 Å². The maximum absolute atomic E-state index is 14.2. The Bertz CT molecular complexity index is 1170. The zero-order valence-corrected chi connectivity index (χ0v) is 18.7. The van der Waals surface area contributed by atoms with Gasteiger partial charge in [0.05, 0.1) is 11.5 Å². The van der Waals surface area contributed by atoms with Gasteiger partial charge in [0.2, 0.25) is 5.13 Å². The number of aliphatic carboxylic acids is 1. The van der Waals surface area contributed by atoms with Crippen molar-refractivity contribution in [2.75, 3.05) is 24.5 Å². The number of hydrogen-bond donors (Lipinski definition) is 1. The van der Waals surface area contributed by atoms with Gasteiger partial charge in [0.25, 0.3) is 5.91 Å². The van der Waals surface area contributed by atoms with E-state index in [0.717, 1.165) is 24.0 Å². The second-order valence-corrected chi connectivity index (χ2v) is 9.61. The Morgan fingerprint density at radius 3 is 2.48 bits per heavy atom. The fourth-order valence-electron chi connectivity index (χ4n) is 3.89. The molecule has 1 aliphatic carbocycles. The van der Waals surface area contributed by atoms with Crippen LogP contribution in [0.2, 0.25) is 0 Å². The van der Waals surface area contributed by atoms with E-state index < -0.39 is 17.7 Å². The third kappa shape index (κ3) is 4.79. The number of aromatic nitrogens is 2. The van der Waals surface area contributed by atoms with Crippen molar-refractivity contribution in [3.8, 4) is 10.6 Å². The summed E-state index contributed by atoms with van der Waals surface area (Å²) in [5.41, 5.74) is 2.02. The average molecular weight is 467 g/mol. The SMILES string of the molecule is O=C(O)C1CN(Cc2ccc(-c3nnc(N(CC4CC4)C(=O)c4ccccc4F)s3)cc2)C1. The monoisotopic (exact) mass is 466 g/mol. The molecule has 0 spiro atoms. The summed E-state index contributed by atoms with van der Waals surface area (Å²) >= 11 is 1.32. The molecule has 9 heteroatoms. The molecule has 1 aliphatic heterocycles. The number of carboxylic acid groups (broad SMARTS) is 1. The molecule has 2 heterocycles. The molecule has 33 heavy (non-hydrogen) atoms. The number of benzene rings is 2. The molecule has 1 amide bonds. The molecule has 0 bridgehead atoms. The standard InChI is InChI=1S/C24H23FN4O3S/c25-20-4-2-1-3-19(20)22(30)29(12-16-5-6-16)24-27-26-21(33-24)17-9-7-15(8-10-17)11-28-13-18(14-28)23(31)32/h1-4,7-10,16,18H,5-6,11-14H2,(H,31,32). The quantitative estimate of drug-likeness (QED) is 0.542. The first-order valence-corrected chi connectivity index (χ1v) is 11.7. The Morgan fingerprint density at radius 1 is 1.09 bits per heavy atom. The van der Waals surface area contributed by atoms with Gasteiger partial charge in [-0.2, -0.15) is 0 Å². The van der Waals surface area contributed by atoms with Gasteiger partial charge in [-0.25, -0.2) is 4.39 Å². The summed E-state index contributed by atoms with van der Waals surface area (Å²) in [7, 11) is 0. The molecule has 2 fully saturated rings. The molecular formula is C24H23FN4O3S. The van der Waals surface area contributed by atoms with E-state index in [4.69, 9.17) is 5.11 Å². The van der Waals surface area contributed by atoms with Crippen LogP contribution in [0.25, 0.3) is 10.6 Å². The zero-order valence-electron chi connectivity index (χ0n) is 17.9. The third-order valence-electron chi connectivity index (χ3n) is 6.05. The average Bonchev–Trinajstić information content (AvgIpc) is 3.48. The Hall–Kier alpha value is -3.17. The normalized spacial score (nSPS) is 16.4. The molecule has 170 valence electrons. The minimum Gasteiger partial charge on any atom is -0.481 e. The van der Waals surface area contributed by atoms with E-state index in [2.05, 4.69) is 15.1 Å². The van der Waals surface area contributed by atoms with Crippen molar-refractivity contribution in [3.05, 3.63) is 65.5 Å². The number of carboxylic acids is 1. The molecule has 0 unspecified atom stereocenters. The number of halogens is 1. The zero-order chi connectivity index (χ0) is 22.9. The molecule has 1 saturated heterocycles. The number of amides is 1. The minimum atomic E-state index is -0.738. The van der Waals surface area contributed by atoms with Gasteiger partial charge >= 0.3 is 5.97 Å². The topological polar surface area (TPSA) is 86.6 Å². The van der Waals surface area contributed by atoms with Crippen LogP contribution in [0.5, 0.6) is 0 Å². The summed E-state index contributed by atoms with van der Waals surface area (Å²) in [5, 5.41) is 18.7. The Labute approximate surface area is 194 Å². The van der Waals surface area contributed by atoms with Gasteiger partial charge in [0.15, 0.2) is 0 Å². The lowest BCUT2D eigenvalue weighted by molar-refractivity contribution is -0.147. The van der Waals surface area contributed by atoms with Gasteiger partial charge in [-0.3, -0.25) is 19.4 Å². The summed E-state index contributed by atoms with van der Waals surface area (Å²) < 4.78 is 14.2. The van der Waals surface area contributed by atoms with Gasteiger partial charge in [-0.15, -0.1) is 10.2 Å². The van der Waals surface area contributed by atoms with Crippen LogP contribution in [-0.2, 0) is 11.3 Å². The van der Waals surface area contributed by atoms with Crippen LogP contribution in [0.15, 0.2) is 48.5 Å². The van der Waals surface area contributed by atoms with Crippen molar-refractivity contribution in [1.29, 1.82) is 0 Å². The smallest absolute Gasteiger partial charge is 0.309 e. The van der Waals surface area contributed by atoms with Crippen LogP contribution >= 0.6 is 11.3 Å². The van der Waals surface area contributed by atoms with Crippen LogP contribution in [0, 0.1) is 17.7 Å². The summed E-state index contributed by atoms with van der Waals surface area (Å²) in [5.74, 6) is -1.53. The molecular weight excluding hydrogens is 443 g/mol. The largest absolute Gasteiger partial charge is 0.481 e. The van der Waals surface area contributed by atoms with E-state index in [1.807, 2.05) is 24.3 Å². The molecule has 7 nitrogen and oxygen atoms in total. The fraction of sp³-hybridized carbons (Fsp3) is 0.333. The van der Waals surface area contributed by atoms with Crippen LogP contribution in [0.3, 0.4) is 0 Å². The van der Waals surface area contributed by atoms with E-state index in [-0.39, 0.29) is 11.5 Å². The summed E-state index contributed by atoms with van der Waals surface area (Å²) in [6.07, 6.45) is 2.11. The molecule has 0 atom stereocenters. The van der Waals surface area contributed by atoms with E-state index in [1.54, 1.807) is 17.0 Å². The van der Waals surface area contributed by atoms with Crippen molar-refractivity contribution in [2.24, 2.45) is 11.8 Å². The highest BCUT2D eigenvalue weighted by Crippen LogP contribution is 2.35. The van der Waals surface area contributed by atoms with Gasteiger partial charge in [-0.05, 0) is 36.5 Å². The fourth-order valence-corrected chi connectivity index (χ4v) is 4.75. The number of hydrogen-bond acceptors (Lipinski definition) is 6. The van der Waals surface area contributed by atoms with Crippen molar-refractivity contribution in [2.45, 2.75) is 19.4 Å². The number of carbonyl (C=O) groups excluding carboxylic acids is 1. The first kappa shape index (κ1) is 21.7. The highest BCUT2D eigenvalue weighted by Gasteiger charge is 2.33. The number of carbonyl (C=O) groups is 2. The molecule has 2 aliphatic rings. The molecule has 2 aromatic carbocycles. The van der Waals surface area contributed by atoms with Gasteiger partial charge in [0, 0.05) is 31.7 Å². The van der Waals surface area contributed by atoms with E-state index in [1.165, 1.54) is 23.5 Å². The second kappa shape index (κ2) is 8.99. The van der Waals surface area contributed by atoms with Crippen LogP contribution in [0.1, 0.15) is 28.8 Å². The first-order chi connectivity index (χ1) is 16.0. The Morgan fingerprint density at radius 2 is 1.82 bits per heavy atom. The van der Waals surface area contributed by atoms with Crippen molar-refractivity contribution in [3.63, 3.8) is 0 Å². The van der Waals surface area contributed by atoms with E-state index >= 15 is 0 Å². The van der Waals surface area contributed by atoms with Crippen LogP contribution < -0.4 is 4.90 Å². The number of rotatable bonds is 8. The Balaban J connectivity index is 1.30.